The summed E-state index contributed by atoms with van der Waals surface area (Å²) >= 11 is 0. The smallest absolute Gasteiger partial charge is 0.272 e. The number of aromatic nitrogens is 3. The molecule has 0 spiro atoms. The molecule has 0 aliphatic carbocycles. The van der Waals surface area contributed by atoms with Gasteiger partial charge in [0.1, 0.15) is 23.7 Å². The van der Waals surface area contributed by atoms with Crippen LogP contribution in [0.5, 0.6) is 5.75 Å². The lowest BCUT2D eigenvalue weighted by molar-refractivity contribution is -0.0675. The molecule has 2 fully saturated rings. The van der Waals surface area contributed by atoms with Crippen molar-refractivity contribution in [2.24, 2.45) is 13.0 Å². The predicted octanol–water partition coefficient (Wildman–Crippen LogP) is 1.90. The molecule has 0 unspecified atom stereocenters. The van der Waals surface area contributed by atoms with E-state index in [1.165, 1.54) is 0 Å². The van der Waals surface area contributed by atoms with Crippen LogP contribution in [-0.2, 0) is 11.8 Å². The molecule has 138 valence electrons. The molecule has 2 aliphatic rings. The summed E-state index contributed by atoms with van der Waals surface area (Å²) in [5, 5.41) is 4.10. The monoisotopic (exact) mass is 356 g/mol. The van der Waals surface area contributed by atoms with E-state index in [2.05, 4.69) is 17.0 Å². The van der Waals surface area contributed by atoms with Crippen molar-refractivity contribution in [3.63, 3.8) is 0 Å². The third kappa shape index (κ3) is 3.31. The maximum Gasteiger partial charge on any atom is 0.272 e. The van der Waals surface area contributed by atoms with Gasteiger partial charge in [0.05, 0.1) is 12.3 Å². The number of aryl methyl sites for hydroxylation is 1. The Balaban J connectivity index is 1.38. The van der Waals surface area contributed by atoms with Crippen molar-refractivity contribution in [3.05, 3.63) is 42.5 Å². The fraction of sp³-hybridized carbons (Fsp3) is 0.526. The van der Waals surface area contributed by atoms with Gasteiger partial charge in [0, 0.05) is 38.4 Å². The molecule has 2 saturated heterocycles. The third-order valence-electron chi connectivity index (χ3n) is 5.30. The minimum absolute atomic E-state index is 0.0451. The number of pyridine rings is 1. The van der Waals surface area contributed by atoms with E-state index in [0.717, 1.165) is 25.1 Å². The number of fused-ring (bicyclic) bond motifs is 1. The summed E-state index contributed by atoms with van der Waals surface area (Å²) in [5.41, 5.74) is 0.293. The van der Waals surface area contributed by atoms with Gasteiger partial charge in [-0.2, -0.15) is 5.10 Å². The van der Waals surface area contributed by atoms with Crippen molar-refractivity contribution in [2.75, 3.05) is 19.7 Å². The number of piperidine rings is 1. The van der Waals surface area contributed by atoms with Gasteiger partial charge in [-0.05, 0) is 38.0 Å². The quantitative estimate of drug-likeness (QED) is 0.837. The van der Waals surface area contributed by atoms with Crippen LogP contribution >= 0.6 is 0 Å². The molecule has 4 heterocycles. The molecule has 26 heavy (non-hydrogen) atoms. The summed E-state index contributed by atoms with van der Waals surface area (Å²) in [5.74, 6) is 1.13. The van der Waals surface area contributed by atoms with Crippen molar-refractivity contribution in [1.82, 2.24) is 19.7 Å². The Kier molecular flexibility index (Phi) is 4.40. The molecule has 0 saturated carbocycles. The van der Waals surface area contributed by atoms with Gasteiger partial charge in [-0.15, -0.1) is 0 Å². The van der Waals surface area contributed by atoms with E-state index in [0.29, 0.717) is 24.8 Å². The molecule has 0 bridgehead atoms. The first kappa shape index (κ1) is 17.0. The summed E-state index contributed by atoms with van der Waals surface area (Å²) < 4.78 is 13.8. The van der Waals surface area contributed by atoms with Crippen LogP contribution in [0.3, 0.4) is 0 Å². The molecule has 7 heteroatoms. The van der Waals surface area contributed by atoms with Crippen LogP contribution in [0.4, 0.5) is 0 Å². The molecule has 0 radical (unpaired) electrons. The van der Waals surface area contributed by atoms with Crippen LogP contribution in [0.2, 0.25) is 0 Å². The van der Waals surface area contributed by atoms with E-state index in [4.69, 9.17) is 9.47 Å². The number of carbonyl (C=O) groups excluding carboxylic acids is 1. The first-order chi connectivity index (χ1) is 12.5. The molecule has 7 nitrogen and oxygen atoms in total. The summed E-state index contributed by atoms with van der Waals surface area (Å²) in [6.45, 7) is 4.01. The Morgan fingerprint density at radius 2 is 2.31 bits per heavy atom. The lowest BCUT2D eigenvalue weighted by atomic mass is 9.89. The average molecular weight is 356 g/mol. The van der Waals surface area contributed by atoms with Gasteiger partial charge in [0.15, 0.2) is 0 Å². The number of ether oxygens (including phenoxy) is 2. The first-order valence-electron chi connectivity index (χ1n) is 9.02. The molecular weight excluding hydrogens is 332 g/mol. The summed E-state index contributed by atoms with van der Waals surface area (Å²) in [6, 6.07) is 5.52. The molecule has 4 rings (SSSR count). The largest absolute Gasteiger partial charge is 0.489 e. The van der Waals surface area contributed by atoms with E-state index < -0.39 is 0 Å². The van der Waals surface area contributed by atoms with Crippen LogP contribution in [-0.4, -0.2) is 57.0 Å². The van der Waals surface area contributed by atoms with Gasteiger partial charge in [0.25, 0.3) is 5.91 Å². The molecule has 0 N–H and O–H groups in total. The highest BCUT2D eigenvalue weighted by atomic mass is 16.6. The van der Waals surface area contributed by atoms with Gasteiger partial charge in [-0.1, -0.05) is 0 Å². The van der Waals surface area contributed by atoms with E-state index in [9.17, 15) is 4.79 Å². The molecular formula is C19H24N4O3. The highest BCUT2D eigenvalue weighted by molar-refractivity contribution is 5.92. The Morgan fingerprint density at radius 3 is 3.04 bits per heavy atom. The zero-order valence-corrected chi connectivity index (χ0v) is 15.2. The second kappa shape index (κ2) is 6.72. The molecule has 0 aromatic carbocycles. The highest BCUT2D eigenvalue weighted by Crippen LogP contribution is 2.39. The number of hydrogen-bond acceptors (Lipinski definition) is 5. The number of carbonyl (C=O) groups is 1. The van der Waals surface area contributed by atoms with Gasteiger partial charge >= 0.3 is 0 Å². The Labute approximate surface area is 152 Å². The fourth-order valence-electron chi connectivity index (χ4n) is 4.02. The lowest BCUT2D eigenvalue weighted by Crippen LogP contribution is -2.44. The van der Waals surface area contributed by atoms with Crippen LogP contribution in [0.15, 0.2) is 36.8 Å². The molecule has 2 aromatic rings. The van der Waals surface area contributed by atoms with Crippen LogP contribution < -0.4 is 4.74 Å². The van der Waals surface area contributed by atoms with E-state index in [1.807, 2.05) is 17.0 Å². The number of rotatable bonds is 4. The zero-order valence-electron chi connectivity index (χ0n) is 15.2. The van der Waals surface area contributed by atoms with Crippen molar-refractivity contribution in [1.29, 1.82) is 0 Å². The number of nitrogens with zero attached hydrogens (tertiary/aromatic N) is 4. The minimum atomic E-state index is -0.337. The Hall–Kier alpha value is -2.41. The molecule has 2 aliphatic heterocycles. The highest BCUT2D eigenvalue weighted by Gasteiger charge is 2.47. The Morgan fingerprint density at radius 1 is 1.42 bits per heavy atom. The van der Waals surface area contributed by atoms with Crippen LogP contribution in [0.1, 0.15) is 30.3 Å². The van der Waals surface area contributed by atoms with Gasteiger partial charge < -0.3 is 14.4 Å². The van der Waals surface area contributed by atoms with Crippen LogP contribution in [0, 0.1) is 5.92 Å². The predicted molar refractivity (Wildman–Crippen MR) is 94.8 cm³/mol. The van der Waals surface area contributed by atoms with E-state index in [-0.39, 0.29) is 17.6 Å². The van der Waals surface area contributed by atoms with Crippen molar-refractivity contribution in [2.45, 2.75) is 31.5 Å². The molecule has 3 atom stereocenters. The van der Waals surface area contributed by atoms with Crippen LogP contribution in [0.25, 0.3) is 0 Å². The van der Waals surface area contributed by atoms with E-state index >= 15 is 0 Å². The number of hydrogen-bond donors (Lipinski definition) is 0. The normalized spacial score (nSPS) is 28.0. The lowest BCUT2D eigenvalue weighted by Gasteiger charge is -2.34. The summed E-state index contributed by atoms with van der Waals surface area (Å²) in [4.78, 5) is 18.7. The number of likely N-dealkylation sites (tertiary alicyclic amines) is 1. The Bertz CT molecular complexity index is 778. The summed E-state index contributed by atoms with van der Waals surface area (Å²) in [7, 11) is 1.80. The topological polar surface area (TPSA) is 69.5 Å². The zero-order chi connectivity index (χ0) is 18.1. The van der Waals surface area contributed by atoms with Crippen molar-refractivity contribution >= 4 is 5.91 Å². The minimum Gasteiger partial charge on any atom is -0.489 e. The average Bonchev–Trinajstić information content (AvgIpc) is 3.22. The van der Waals surface area contributed by atoms with E-state index in [1.54, 1.807) is 36.4 Å². The summed E-state index contributed by atoms with van der Waals surface area (Å²) in [6.07, 6.45) is 7.02. The van der Waals surface area contributed by atoms with Crippen molar-refractivity contribution < 1.29 is 14.3 Å². The van der Waals surface area contributed by atoms with Gasteiger partial charge in [0.2, 0.25) is 0 Å². The molecule has 1 amide bonds. The van der Waals surface area contributed by atoms with Gasteiger partial charge in [-0.25, -0.2) is 0 Å². The van der Waals surface area contributed by atoms with Crippen molar-refractivity contribution in [3.8, 4) is 5.75 Å². The molecule has 2 aromatic heterocycles. The second-order valence-corrected chi connectivity index (χ2v) is 7.43. The second-order valence-electron chi connectivity index (χ2n) is 7.43. The third-order valence-corrected chi connectivity index (χ3v) is 5.30. The first-order valence-corrected chi connectivity index (χ1v) is 9.02. The standard InChI is InChI=1S/C19H24N4O3/c1-19(13-25-15-4-3-7-20-11-15)10-14-12-23(9-6-17(14)26-19)18(24)16-5-8-21-22(16)2/h3-5,7-8,11,14,17H,6,9-10,12-13H2,1-2H3/t14-,17+,19-/m1/s1. The SMILES string of the molecule is Cn1nccc1C(=O)N1CC[C@@H]2O[C@@](C)(COc3cccnc3)C[C@@H]2C1. The maximum absolute atomic E-state index is 12.7. The maximum atomic E-state index is 12.7. The van der Waals surface area contributed by atoms with Gasteiger partial charge in [-0.3, -0.25) is 14.5 Å². The fourth-order valence-corrected chi connectivity index (χ4v) is 4.02. The number of amides is 1.